The van der Waals surface area contributed by atoms with Crippen molar-refractivity contribution in [2.24, 2.45) is 5.92 Å². The molecule has 17 heavy (non-hydrogen) atoms. The van der Waals surface area contributed by atoms with E-state index in [1.807, 2.05) is 6.20 Å². The van der Waals surface area contributed by atoms with E-state index in [1.54, 1.807) is 0 Å². The van der Waals surface area contributed by atoms with Crippen molar-refractivity contribution in [3.63, 3.8) is 0 Å². The number of likely N-dealkylation sites (tertiary alicyclic amines) is 1. The van der Waals surface area contributed by atoms with E-state index in [4.69, 9.17) is 4.74 Å². The standard InChI is InChI=1S/C13H23N3O/c1-2-17-9-8-16-7-3-4-12(11-16)10-13-5-6-14-15-13/h5-6,12H,2-4,7-11H2,1H3,(H,14,15)/t12-/m0/s1. The van der Waals surface area contributed by atoms with Crippen LogP contribution in [0.25, 0.3) is 0 Å². The number of nitrogens with one attached hydrogen (secondary N) is 1. The minimum absolute atomic E-state index is 0.769. The molecule has 1 N–H and O–H groups in total. The van der Waals surface area contributed by atoms with Gasteiger partial charge in [-0.05, 0) is 44.7 Å². The van der Waals surface area contributed by atoms with Crippen LogP contribution in [0.3, 0.4) is 0 Å². The van der Waals surface area contributed by atoms with Gasteiger partial charge in [-0.1, -0.05) is 0 Å². The molecule has 2 rings (SSSR count). The first-order chi connectivity index (χ1) is 8.38. The van der Waals surface area contributed by atoms with Crippen LogP contribution in [-0.4, -0.2) is 47.9 Å². The van der Waals surface area contributed by atoms with E-state index in [0.29, 0.717) is 0 Å². The van der Waals surface area contributed by atoms with Crippen LogP contribution in [0.5, 0.6) is 0 Å². The molecule has 0 aliphatic carbocycles. The summed E-state index contributed by atoms with van der Waals surface area (Å²) >= 11 is 0. The lowest BCUT2D eigenvalue weighted by molar-refractivity contribution is 0.0916. The fourth-order valence-electron chi connectivity index (χ4n) is 2.57. The number of piperidine rings is 1. The first-order valence-corrected chi connectivity index (χ1v) is 6.67. The van der Waals surface area contributed by atoms with E-state index in [-0.39, 0.29) is 0 Å². The molecule has 1 saturated heterocycles. The fraction of sp³-hybridized carbons (Fsp3) is 0.769. The normalized spacial score (nSPS) is 21.8. The zero-order valence-electron chi connectivity index (χ0n) is 10.7. The van der Waals surface area contributed by atoms with Gasteiger partial charge in [0.25, 0.3) is 0 Å². The Morgan fingerprint density at radius 3 is 3.29 bits per heavy atom. The Labute approximate surface area is 103 Å². The monoisotopic (exact) mass is 237 g/mol. The number of nitrogens with zero attached hydrogens (tertiary/aromatic N) is 2. The first-order valence-electron chi connectivity index (χ1n) is 6.67. The van der Waals surface area contributed by atoms with Gasteiger partial charge in [0, 0.05) is 31.6 Å². The molecule has 0 bridgehead atoms. The Morgan fingerprint density at radius 1 is 1.59 bits per heavy atom. The average molecular weight is 237 g/mol. The van der Waals surface area contributed by atoms with Crippen LogP contribution in [0, 0.1) is 5.92 Å². The second-order valence-corrected chi connectivity index (χ2v) is 4.79. The molecular formula is C13H23N3O. The number of hydrogen-bond donors (Lipinski definition) is 1. The minimum Gasteiger partial charge on any atom is -0.380 e. The van der Waals surface area contributed by atoms with E-state index in [0.717, 1.165) is 32.1 Å². The van der Waals surface area contributed by atoms with E-state index < -0.39 is 0 Å². The predicted octanol–water partition coefficient (Wildman–Crippen LogP) is 1.70. The van der Waals surface area contributed by atoms with E-state index in [1.165, 1.54) is 31.6 Å². The van der Waals surface area contributed by atoms with Crippen molar-refractivity contribution in [3.05, 3.63) is 18.0 Å². The summed E-state index contributed by atoms with van der Waals surface area (Å²) in [4.78, 5) is 2.53. The third-order valence-corrected chi connectivity index (χ3v) is 3.43. The average Bonchev–Trinajstić information content (AvgIpc) is 2.83. The van der Waals surface area contributed by atoms with Gasteiger partial charge in [-0.25, -0.2) is 0 Å². The van der Waals surface area contributed by atoms with Gasteiger partial charge in [-0.15, -0.1) is 0 Å². The Morgan fingerprint density at radius 2 is 2.53 bits per heavy atom. The molecule has 1 fully saturated rings. The molecule has 0 saturated carbocycles. The van der Waals surface area contributed by atoms with Crippen molar-refractivity contribution in [3.8, 4) is 0 Å². The van der Waals surface area contributed by atoms with Crippen molar-refractivity contribution in [1.29, 1.82) is 0 Å². The number of hydrogen-bond acceptors (Lipinski definition) is 3. The molecule has 2 heterocycles. The van der Waals surface area contributed by atoms with Crippen molar-refractivity contribution < 1.29 is 4.74 Å². The second kappa shape index (κ2) is 6.77. The molecule has 4 nitrogen and oxygen atoms in total. The maximum Gasteiger partial charge on any atom is 0.0593 e. The molecule has 0 spiro atoms. The summed E-state index contributed by atoms with van der Waals surface area (Å²) in [6, 6.07) is 2.08. The summed E-state index contributed by atoms with van der Waals surface area (Å²) < 4.78 is 5.42. The second-order valence-electron chi connectivity index (χ2n) is 4.79. The van der Waals surface area contributed by atoms with Gasteiger partial charge in [0.05, 0.1) is 6.61 Å². The highest BCUT2D eigenvalue weighted by Gasteiger charge is 2.20. The smallest absolute Gasteiger partial charge is 0.0593 e. The molecule has 1 atom stereocenters. The molecule has 0 radical (unpaired) electrons. The third kappa shape index (κ3) is 4.13. The minimum atomic E-state index is 0.769. The van der Waals surface area contributed by atoms with Gasteiger partial charge in [0.2, 0.25) is 0 Å². The Bertz CT molecular complexity index is 300. The fourth-order valence-corrected chi connectivity index (χ4v) is 2.57. The quantitative estimate of drug-likeness (QED) is 0.766. The molecule has 0 unspecified atom stereocenters. The van der Waals surface area contributed by atoms with Crippen molar-refractivity contribution in [2.75, 3.05) is 32.8 Å². The largest absolute Gasteiger partial charge is 0.380 e. The topological polar surface area (TPSA) is 41.1 Å². The number of H-pyrrole nitrogens is 1. The zero-order valence-corrected chi connectivity index (χ0v) is 10.7. The summed E-state index contributed by atoms with van der Waals surface area (Å²) in [6.45, 7) is 7.25. The first kappa shape index (κ1) is 12.6. The lowest BCUT2D eigenvalue weighted by Crippen LogP contribution is -2.38. The summed E-state index contributed by atoms with van der Waals surface area (Å²) in [5, 5.41) is 7.07. The zero-order chi connectivity index (χ0) is 11.9. The van der Waals surface area contributed by atoms with Gasteiger partial charge in [0.1, 0.15) is 0 Å². The summed E-state index contributed by atoms with van der Waals surface area (Å²) in [7, 11) is 0. The maximum absolute atomic E-state index is 5.42. The molecule has 4 heteroatoms. The molecule has 0 amide bonds. The van der Waals surface area contributed by atoms with Crippen LogP contribution in [-0.2, 0) is 11.2 Å². The lowest BCUT2D eigenvalue weighted by Gasteiger charge is -2.32. The maximum atomic E-state index is 5.42. The number of rotatable bonds is 6. The highest BCUT2D eigenvalue weighted by molar-refractivity contribution is 4.99. The SMILES string of the molecule is CCOCCN1CCC[C@@H](Cc2ccn[nH]2)C1. The highest BCUT2D eigenvalue weighted by Crippen LogP contribution is 2.19. The van der Waals surface area contributed by atoms with Gasteiger partial charge >= 0.3 is 0 Å². The van der Waals surface area contributed by atoms with Gasteiger partial charge in [0.15, 0.2) is 0 Å². The number of ether oxygens (including phenoxy) is 1. The van der Waals surface area contributed by atoms with Crippen molar-refractivity contribution in [1.82, 2.24) is 15.1 Å². The molecule has 1 aliphatic heterocycles. The highest BCUT2D eigenvalue weighted by atomic mass is 16.5. The van der Waals surface area contributed by atoms with Crippen LogP contribution < -0.4 is 0 Å². The lowest BCUT2D eigenvalue weighted by atomic mass is 9.93. The Hall–Kier alpha value is -0.870. The van der Waals surface area contributed by atoms with Crippen molar-refractivity contribution >= 4 is 0 Å². The molecule has 1 aromatic rings. The summed E-state index contributed by atoms with van der Waals surface area (Å²) in [5.41, 5.74) is 1.27. The molecule has 96 valence electrons. The van der Waals surface area contributed by atoms with Gasteiger partial charge in [-0.3, -0.25) is 5.10 Å². The van der Waals surface area contributed by atoms with Crippen molar-refractivity contribution in [2.45, 2.75) is 26.2 Å². The van der Waals surface area contributed by atoms with Crippen LogP contribution >= 0.6 is 0 Å². The van der Waals surface area contributed by atoms with E-state index in [2.05, 4.69) is 28.1 Å². The number of aromatic amines is 1. The van der Waals surface area contributed by atoms with E-state index in [9.17, 15) is 0 Å². The van der Waals surface area contributed by atoms with Crippen LogP contribution in [0.4, 0.5) is 0 Å². The van der Waals surface area contributed by atoms with Gasteiger partial charge in [-0.2, -0.15) is 5.10 Å². The molecule has 1 aliphatic rings. The third-order valence-electron chi connectivity index (χ3n) is 3.43. The van der Waals surface area contributed by atoms with Crippen LogP contribution in [0.15, 0.2) is 12.3 Å². The summed E-state index contributed by atoms with van der Waals surface area (Å²) in [6.07, 6.45) is 5.62. The molecule has 1 aromatic heterocycles. The van der Waals surface area contributed by atoms with E-state index >= 15 is 0 Å². The Kier molecular flexibility index (Phi) is 5.01. The molecule has 0 aromatic carbocycles. The predicted molar refractivity (Wildman–Crippen MR) is 67.9 cm³/mol. The Balaban J connectivity index is 1.72. The van der Waals surface area contributed by atoms with Crippen LogP contribution in [0.2, 0.25) is 0 Å². The summed E-state index contributed by atoms with van der Waals surface area (Å²) in [5.74, 6) is 0.769. The molecular weight excluding hydrogens is 214 g/mol. The van der Waals surface area contributed by atoms with Gasteiger partial charge < -0.3 is 9.64 Å². The van der Waals surface area contributed by atoms with Crippen LogP contribution in [0.1, 0.15) is 25.5 Å². The number of aromatic nitrogens is 2.